The number of methoxy groups -OCH3 is 2. The highest BCUT2D eigenvalue weighted by molar-refractivity contribution is 6.99. The van der Waals surface area contributed by atoms with Gasteiger partial charge in [0, 0.05) is 26.4 Å². The molecule has 0 amide bonds. The zero-order chi connectivity index (χ0) is 33.7. The Morgan fingerprint density at radius 1 is 0.783 bits per heavy atom. The molecule has 0 saturated carbocycles. The summed E-state index contributed by atoms with van der Waals surface area (Å²) < 4.78 is 40.2. The van der Waals surface area contributed by atoms with Gasteiger partial charge in [-0.2, -0.15) is 0 Å². The molecule has 10 heteroatoms. The Labute approximate surface area is 277 Å². The molecule has 0 aromatic heterocycles. The van der Waals surface area contributed by atoms with Crippen molar-refractivity contribution in [3.05, 3.63) is 72.8 Å². The summed E-state index contributed by atoms with van der Waals surface area (Å²) in [5.41, 5.74) is 0. The summed E-state index contributed by atoms with van der Waals surface area (Å²) in [4.78, 5) is 11.3. The van der Waals surface area contributed by atoms with E-state index in [0.717, 1.165) is 31.8 Å². The van der Waals surface area contributed by atoms with Crippen LogP contribution in [0, 0.1) is 0 Å². The predicted octanol–water partition coefficient (Wildman–Crippen LogP) is 5.55. The summed E-state index contributed by atoms with van der Waals surface area (Å²) >= 11 is 0. The van der Waals surface area contributed by atoms with E-state index in [0.29, 0.717) is 32.8 Å². The summed E-state index contributed by atoms with van der Waals surface area (Å²) in [7, 11) is 0.591. The Morgan fingerprint density at radius 3 is 1.80 bits per heavy atom. The molecular formula is C36H56O9Si. The normalized spacial score (nSPS) is 14.4. The molecule has 0 saturated heterocycles. The van der Waals surface area contributed by atoms with Crippen LogP contribution in [-0.2, 0) is 37.6 Å². The maximum Gasteiger partial charge on any atom is 0.328 e. The highest BCUT2D eigenvalue weighted by atomic mass is 28.4. The Kier molecular flexibility index (Phi) is 19.2. The molecule has 2 rings (SSSR count). The van der Waals surface area contributed by atoms with Gasteiger partial charge >= 0.3 is 5.97 Å². The fourth-order valence-electron chi connectivity index (χ4n) is 5.48. The lowest BCUT2D eigenvalue weighted by atomic mass is 10.0. The van der Waals surface area contributed by atoms with Gasteiger partial charge in [-0.05, 0) is 41.3 Å². The molecule has 0 bridgehead atoms. The molecule has 2 aromatic rings. The number of benzene rings is 2. The van der Waals surface area contributed by atoms with Crippen LogP contribution in [0.15, 0.2) is 72.8 Å². The van der Waals surface area contributed by atoms with E-state index in [1.54, 1.807) is 14.2 Å². The number of hydrogen-bond acceptors (Lipinski definition) is 8. The fraction of sp³-hybridized carbons (Fsp3) is 0.583. The van der Waals surface area contributed by atoms with Crippen molar-refractivity contribution in [2.45, 2.75) is 83.1 Å². The van der Waals surface area contributed by atoms with Crippen molar-refractivity contribution in [1.29, 1.82) is 0 Å². The van der Waals surface area contributed by atoms with Gasteiger partial charge in [-0.1, -0.05) is 101 Å². The van der Waals surface area contributed by atoms with Crippen LogP contribution in [0.5, 0.6) is 0 Å². The van der Waals surface area contributed by atoms with Crippen molar-refractivity contribution in [3.8, 4) is 0 Å². The molecule has 0 radical (unpaired) electrons. The van der Waals surface area contributed by atoms with Gasteiger partial charge in [-0.3, -0.25) is 0 Å². The molecule has 0 unspecified atom stereocenters. The van der Waals surface area contributed by atoms with Crippen LogP contribution in [0.4, 0.5) is 0 Å². The van der Waals surface area contributed by atoms with Crippen LogP contribution in [0.25, 0.3) is 0 Å². The van der Waals surface area contributed by atoms with Crippen LogP contribution in [0.1, 0.15) is 59.8 Å². The number of ether oxygens (including phenoxy) is 6. The second kappa shape index (κ2) is 22.2. The quantitative estimate of drug-likeness (QED) is 0.0636. The van der Waals surface area contributed by atoms with Crippen molar-refractivity contribution in [3.63, 3.8) is 0 Å². The van der Waals surface area contributed by atoms with Gasteiger partial charge in [-0.25, -0.2) is 4.79 Å². The molecule has 3 atom stereocenters. The number of aliphatic carboxylic acids is 1. The third-order valence-corrected chi connectivity index (χ3v) is 12.9. The molecule has 46 heavy (non-hydrogen) atoms. The Morgan fingerprint density at radius 2 is 1.30 bits per heavy atom. The van der Waals surface area contributed by atoms with Crippen LogP contribution in [0.3, 0.4) is 0 Å². The van der Waals surface area contributed by atoms with Crippen molar-refractivity contribution in [2.24, 2.45) is 0 Å². The summed E-state index contributed by atoms with van der Waals surface area (Å²) in [5, 5.41) is 11.7. The SMILES string of the molecule is COCCOCO[C@@H](CCCCC[C@@H](C)O[Si](c1ccccc1)(c1ccccc1)C(C)(C)C)[C@@H](/C=C/C(=O)O)OCOCCOC. The topological polar surface area (TPSA) is 102 Å². The minimum absolute atomic E-state index is 0.0144. The second-order valence-corrected chi connectivity index (χ2v) is 16.6. The summed E-state index contributed by atoms with van der Waals surface area (Å²) in [6.07, 6.45) is 5.97. The molecule has 0 heterocycles. The molecule has 0 aliphatic carbocycles. The van der Waals surface area contributed by atoms with E-state index in [9.17, 15) is 9.90 Å². The molecule has 0 aliphatic rings. The zero-order valence-corrected chi connectivity index (χ0v) is 29.7. The van der Waals surface area contributed by atoms with E-state index in [4.69, 9.17) is 32.8 Å². The number of unbranched alkanes of at least 4 members (excludes halogenated alkanes) is 2. The van der Waals surface area contributed by atoms with Crippen LogP contribution >= 0.6 is 0 Å². The average Bonchev–Trinajstić information content (AvgIpc) is 3.04. The van der Waals surface area contributed by atoms with Gasteiger partial charge in [0.25, 0.3) is 8.32 Å². The van der Waals surface area contributed by atoms with Gasteiger partial charge in [-0.15, -0.1) is 0 Å². The maximum absolute atomic E-state index is 11.3. The Hall–Kier alpha value is -2.41. The maximum atomic E-state index is 11.3. The Bertz CT molecular complexity index is 1050. The van der Waals surface area contributed by atoms with Crippen molar-refractivity contribution < 1.29 is 42.7 Å². The average molecular weight is 661 g/mol. The highest BCUT2D eigenvalue weighted by Crippen LogP contribution is 2.38. The molecular weight excluding hydrogens is 604 g/mol. The van der Waals surface area contributed by atoms with Gasteiger partial charge in [0.2, 0.25) is 0 Å². The number of carbonyl (C=O) groups is 1. The predicted molar refractivity (Wildman–Crippen MR) is 183 cm³/mol. The number of carboxylic acid groups (broad SMARTS) is 1. The molecule has 258 valence electrons. The highest BCUT2D eigenvalue weighted by Gasteiger charge is 2.50. The first-order valence-electron chi connectivity index (χ1n) is 16.2. The summed E-state index contributed by atoms with van der Waals surface area (Å²) in [6.45, 7) is 10.8. The lowest BCUT2D eigenvalue weighted by Gasteiger charge is -2.44. The van der Waals surface area contributed by atoms with Gasteiger partial charge < -0.3 is 38.0 Å². The number of rotatable bonds is 25. The number of carboxylic acids is 1. The van der Waals surface area contributed by atoms with E-state index in [1.807, 2.05) is 0 Å². The van der Waals surface area contributed by atoms with Crippen molar-refractivity contribution in [2.75, 3.05) is 54.2 Å². The monoisotopic (exact) mass is 660 g/mol. The molecule has 9 nitrogen and oxygen atoms in total. The lowest BCUT2D eigenvalue weighted by molar-refractivity contribution is -0.161. The number of hydrogen-bond donors (Lipinski definition) is 1. The van der Waals surface area contributed by atoms with Gasteiger partial charge in [0.05, 0.1) is 32.5 Å². The van der Waals surface area contributed by atoms with Crippen LogP contribution in [0.2, 0.25) is 5.04 Å². The summed E-state index contributed by atoms with van der Waals surface area (Å²) in [5.74, 6) is -1.06. The first kappa shape index (κ1) is 39.8. The Balaban J connectivity index is 2.06. The van der Waals surface area contributed by atoms with Crippen molar-refractivity contribution >= 4 is 24.7 Å². The van der Waals surface area contributed by atoms with E-state index in [1.165, 1.54) is 16.4 Å². The van der Waals surface area contributed by atoms with Crippen LogP contribution in [-0.4, -0.2) is 91.9 Å². The minimum Gasteiger partial charge on any atom is -0.478 e. The fourth-order valence-corrected chi connectivity index (χ4v) is 10.2. The molecule has 0 fully saturated rings. The second-order valence-electron chi connectivity index (χ2n) is 12.3. The minimum atomic E-state index is -2.61. The zero-order valence-electron chi connectivity index (χ0n) is 28.7. The van der Waals surface area contributed by atoms with E-state index < -0.39 is 26.5 Å². The summed E-state index contributed by atoms with van der Waals surface area (Å²) in [6, 6.07) is 21.4. The van der Waals surface area contributed by atoms with E-state index >= 15 is 0 Å². The first-order chi connectivity index (χ1) is 22.2. The molecule has 2 aromatic carbocycles. The third-order valence-electron chi connectivity index (χ3n) is 7.76. The van der Waals surface area contributed by atoms with E-state index in [2.05, 4.69) is 88.4 Å². The molecule has 1 N–H and O–H groups in total. The molecule has 0 spiro atoms. The van der Waals surface area contributed by atoms with Crippen molar-refractivity contribution in [1.82, 2.24) is 0 Å². The van der Waals surface area contributed by atoms with Gasteiger partial charge in [0.15, 0.2) is 0 Å². The van der Waals surface area contributed by atoms with E-state index in [-0.39, 0.29) is 24.7 Å². The smallest absolute Gasteiger partial charge is 0.328 e. The lowest BCUT2D eigenvalue weighted by Crippen LogP contribution is -2.67. The molecule has 0 aliphatic heterocycles. The first-order valence-corrected chi connectivity index (χ1v) is 18.1. The standard InChI is InChI=1S/C36H56O9Si/c1-30(45-46(36(2,3)4,31-17-11-8-12-18-31)32-19-13-9-14-20-32)16-10-7-15-21-33(43-28-41-26-24-39-5)34(22-23-35(37)38)44-29-42-27-25-40-6/h8-9,11-14,17-20,22-23,30,33-34H,7,10,15-16,21,24-29H2,1-6H3,(H,37,38)/b23-22+/t30-,33+,34-/m1/s1. The van der Waals surface area contributed by atoms with Crippen LogP contribution < -0.4 is 10.4 Å². The third kappa shape index (κ3) is 13.7. The largest absolute Gasteiger partial charge is 0.478 e. The van der Waals surface area contributed by atoms with Gasteiger partial charge in [0.1, 0.15) is 19.7 Å².